The topological polar surface area (TPSA) is 29.3 Å². The lowest BCUT2D eigenvalue weighted by atomic mass is 9.85. The van der Waals surface area contributed by atoms with Gasteiger partial charge in [0, 0.05) is 25.3 Å². The Morgan fingerprint density at radius 3 is 2.31 bits per heavy atom. The van der Waals surface area contributed by atoms with E-state index in [-0.39, 0.29) is 5.41 Å². The zero-order valence-corrected chi connectivity index (χ0v) is 11.0. The van der Waals surface area contributed by atoms with Crippen LogP contribution in [0.3, 0.4) is 0 Å². The van der Waals surface area contributed by atoms with Gasteiger partial charge in [-0.25, -0.2) is 0 Å². The van der Waals surface area contributed by atoms with Gasteiger partial charge < -0.3 is 10.6 Å². The Labute approximate surface area is 99.5 Å². The van der Waals surface area contributed by atoms with Crippen molar-refractivity contribution in [2.24, 2.45) is 5.73 Å². The van der Waals surface area contributed by atoms with Gasteiger partial charge in [-0.05, 0) is 24.0 Å². The molecule has 0 atom stereocenters. The summed E-state index contributed by atoms with van der Waals surface area (Å²) >= 11 is 0. The minimum atomic E-state index is 0.179. The fourth-order valence-electron chi connectivity index (χ4n) is 1.99. The molecule has 2 nitrogen and oxygen atoms in total. The first kappa shape index (κ1) is 13.0. The molecule has 0 aliphatic heterocycles. The Balaban J connectivity index is 3.11. The van der Waals surface area contributed by atoms with Crippen molar-refractivity contribution in [3.05, 3.63) is 29.8 Å². The maximum atomic E-state index is 5.66. The molecule has 0 heterocycles. The van der Waals surface area contributed by atoms with E-state index in [2.05, 4.69) is 56.9 Å². The average Bonchev–Trinajstić information content (AvgIpc) is 2.25. The van der Waals surface area contributed by atoms with Crippen LogP contribution in [0.5, 0.6) is 0 Å². The van der Waals surface area contributed by atoms with Crippen molar-refractivity contribution in [2.75, 3.05) is 24.5 Å². The summed E-state index contributed by atoms with van der Waals surface area (Å²) in [6.45, 7) is 11.6. The summed E-state index contributed by atoms with van der Waals surface area (Å²) in [5.41, 5.74) is 8.55. The molecule has 90 valence electrons. The maximum absolute atomic E-state index is 5.66. The molecule has 0 spiro atoms. The number of likely N-dealkylation sites (N-methyl/N-ethyl adjacent to an activating group) is 1. The predicted octanol–water partition coefficient (Wildman–Crippen LogP) is 2.77. The Hall–Kier alpha value is -1.02. The summed E-state index contributed by atoms with van der Waals surface area (Å²) in [7, 11) is 0. The van der Waals surface area contributed by atoms with Gasteiger partial charge in [-0.1, -0.05) is 39.0 Å². The van der Waals surface area contributed by atoms with Crippen molar-refractivity contribution in [1.82, 2.24) is 0 Å². The molecular weight excluding hydrogens is 196 g/mol. The van der Waals surface area contributed by atoms with E-state index >= 15 is 0 Å². The van der Waals surface area contributed by atoms with Crippen LogP contribution in [0.15, 0.2) is 24.3 Å². The first-order chi connectivity index (χ1) is 7.50. The van der Waals surface area contributed by atoms with Crippen LogP contribution < -0.4 is 10.6 Å². The molecule has 0 aliphatic carbocycles. The van der Waals surface area contributed by atoms with Crippen LogP contribution in [-0.4, -0.2) is 19.6 Å². The van der Waals surface area contributed by atoms with Crippen LogP contribution in [0.4, 0.5) is 5.69 Å². The quantitative estimate of drug-likeness (QED) is 0.845. The van der Waals surface area contributed by atoms with Gasteiger partial charge in [0.1, 0.15) is 0 Å². The molecule has 0 saturated carbocycles. The van der Waals surface area contributed by atoms with Gasteiger partial charge in [0.2, 0.25) is 0 Å². The Morgan fingerprint density at radius 1 is 1.19 bits per heavy atom. The molecule has 0 amide bonds. The van der Waals surface area contributed by atoms with E-state index in [1.54, 1.807) is 0 Å². The van der Waals surface area contributed by atoms with Crippen molar-refractivity contribution in [2.45, 2.75) is 33.1 Å². The normalized spacial score (nSPS) is 11.6. The number of rotatable bonds is 4. The zero-order chi connectivity index (χ0) is 12.2. The molecule has 2 heteroatoms. The number of hydrogen-bond acceptors (Lipinski definition) is 2. The Morgan fingerprint density at radius 2 is 1.81 bits per heavy atom. The van der Waals surface area contributed by atoms with Crippen molar-refractivity contribution < 1.29 is 0 Å². The van der Waals surface area contributed by atoms with Crippen LogP contribution in [0.25, 0.3) is 0 Å². The summed E-state index contributed by atoms with van der Waals surface area (Å²) in [6, 6.07) is 8.62. The smallest absolute Gasteiger partial charge is 0.0404 e. The largest absolute Gasteiger partial charge is 0.370 e. The van der Waals surface area contributed by atoms with Gasteiger partial charge in [-0.2, -0.15) is 0 Å². The summed E-state index contributed by atoms with van der Waals surface area (Å²) in [5, 5.41) is 0. The van der Waals surface area contributed by atoms with E-state index in [0.29, 0.717) is 6.54 Å². The van der Waals surface area contributed by atoms with E-state index < -0.39 is 0 Å². The van der Waals surface area contributed by atoms with Crippen LogP contribution in [0, 0.1) is 0 Å². The fourth-order valence-corrected chi connectivity index (χ4v) is 1.99. The lowest BCUT2D eigenvalue weighted by molar-refractivity contribution is 0.587. The van der Waals surface area contributed by atoms with E-state index in [4.69, 9.17) is 5.73 Å². The third kappa shape index (κ3) is 2.99. The molecule has 0 saturated heterocycles. The Bertz CT molecular complexity index is 326. The van der Waals surface area contributed by atoms with Crippen LogP contribution >= 0.6 is 0 Å². The highest BCUT2D eigenvalue weighted by molar-refractivity contribution is 5.56. The Kier molecular flexibility index (Phi) is 4.36. The summed E-state index contributed by atoms with van der Waals surface area (Å²) in [4.78, 5) is 2.35. The van der Waals surface area contributed by atoms with Crippen molar-refractivity contribution in [3.8, 4) is 0 Å². The molecule has 0 unspecified atom stereocenters. The van der Waals surface area contributed by atoms with Gasteiger partial charge in [0.15, 0.2) is 0 Å². The molecule has 0 radical (unpaired) electrons. The van der Waals surface area contributed by atoms with Crippen LogP contribution in [0.1, 0.15) is 33.3 Å². The second kappa shape index (κ2) is 5.35. The molecule has 0 aromatic heterocycles. The van der Waals surface area contributed by atoms with Gasteiger partial charge >= 0.3 is 0 Å². The molecule has 2 N–H and O–H groups in total. The van der Waals surface area contributed by atoms with E-state index in [1.807, 2.05) is 0 Å². The predicted molar refractivity (Wildman–Crippen MR) is 72.1 cm³/mol. The van der Waals surface area contributed by atoms with Gasteiger partial charge in [0.25, 0.3) is 0 Å². The van der Waals surface area contributed by atoms with Crippen molar-refractivity contribution in [3.63, 3.8) is 0 Å². The van der Waals surface area contributed by atoms with E-state index in [1.165, 1.54) is 11.3 Å². The second-order valence-corrected chi connectivity index (χ2v) is 5.14. The average molecular weight is 220 g/mol. The number of nitrogens with zero attached hydrogens (tertiary/aromatic N) is 1. The highest BCUT2D eigenvalue weighted by Crippen LogP contribution is 2.31. The molecular formula is C14H24N2. The highest BCUT2D eigenvalue weighted by atomic mass is 15.1. The third-order valence-corrected chi connectivity index (χ3v) is 2.83. The first-order valence-electron chi connectivity index (χ1n) is 6.05. The van der Waals surface area contributed by atoms with Crippen molar-refractivity contribution in [1.29, 1.82) is 0 Å². The van der Waals surface area contributed by atoms with Crippen LogP contribution in [0.2, 0.25) is 0 Å². The summed E-state index contributed by atoms with van der Waals surface area (Å²) in [6.07, 6.45) is 0. The molecule has 16 heavy (non-hydrogen) atoms. The molecule has 0 fully saturated rings. The lowest BCUT2D eigenvalue weighted by Gasteiger charge is -2.30. The van der Waals surface area contributed by atoms with Crippen molar-refractivity contribution >= 4 is 5.69 Å². The lowest BCUT2D eigenvalue weighted by Crippen LogP contribution is -2.31. The van der Waals surface area contributed by atoms with Gasteiger partial charge in [-0.3, -0.25) is 0 Å². The summed E-state index contributed by atoms with van der Waals surface area (Å²) in [5.74, 6) is 0. The SMILES string of the molecule is CCN(CCN)c1ccccc1C(C)(C)C. The van der Waals surface area contributed by atoms with E-state index in [0.717, 1.165) is 13.1 Å². The maximum Gasteiger partial charge on any atom is 0.0404 e. The standard InChI is InChI=1S/C14H24N2/c1-5-16(11-10-15)13-9-7-6-8-12(13)14(2,3)4/h6-9H,5,10-11,15H2,1-4H3. The first-order valence-corrected chi connectivity index (χ1v) is 6.05. The van der Waals surface area contributed by atoms with E-state index in [9.17, 15) is 0 Å². The minimum Gasteiger partial charge on any atom is -0.370 e. The van der Waals surface area contributed by atoms with Crippen LogP contribution in [-0.2, 0) is 5.41 Å². The number of nitrogens with two attached hydrogens (primary N) is 1. The molecule has 1 aromatic carbocycles. The molecule has 1 aromatic rings. The zero-order valence-electron chi connectivity index (χ0n) is 11.0. The van der Waals surface area contributed by atoms with Gasteiger partial charge in [0.05, 0.1) is 0 Å². The number of para-hydroxylation sites is 1. The monoisotopic (exact) mass is 220 g/mol. The molecule has 0 bridgehead atoms. The minimum absolute atomic E-state index is 0.179. The van der Waals surface area contributed by atoms with Gasteiger partial charge in [-0.15, -0.1) is 0 Å². The number of benzene rings is 1. The second-order valence-electron chi connectivity index (χ2n) is 5.14. The highest BCUT2D eigenvalue weighted by Gasteiger charge is 2.19. The third-order valence-electron chi connectivity index (χ3n) is 2.83. The fraction of sp³-hybridized carbons (Fsp3) is 0.571. The summed E-state index contributed by atoms with van der Waals surface area (Å²) < 4.78 is 0. The molecule has 0 aliphatic rings. The number of hydrogen-bond donors (Lipinski definition) is 1. The number of anilines is 1. The molecule has 1 rings (SSSR count).